The predicted molar refractivity (Wildman–Crippen MR) is 82.3 cm³/mol. The van der Waals surface area contributed by atoms with Gasteiger partial charge in [0.25, 0.3) is 0 Å². The molecule has 112 valence electrons. The second-order valence-corrected chi connectivity index (χ2v) is 6.00. The Morgan fingerprint density at radius 2 is 1.90 bits per heavy atom. The summed E-state index contributed by atoms with van der Waals surface area (Å²) in [5.41, 5.74) is 2.62. The minimum atomic E-state index is -0.674. The van der Waals surface area contributed by atoms with Gasteiger partial charge in [0.2, 0.25) is 0 Å². The van der Waals surface area contributed by atoms with Crippen LogP contribution in [0.1, 0.15) is 49.3 Å². The van der Waals surface area contributed by atoms with E-state index in [0.29, 0.717) is 6.04 Å². The van der Waals surface area contributed by atoms with Crippen LogP contribution < -0.4 is 10.1 Å². The largest absolute Gasteiger partial charge is 0.496 e. The molecular formula is C17H27NO2. The molecule has 20 heavy (non-hydrogen) atoms. The topological polar surface area (TPSA) is 41.5 Å². The van der Waals surface area contributed by atoms with Crippen molar-refractivity contribution in [2.45, 2.75) is 58.1 Å². The van der Waals surface area contributed by atoms with Gasteiger partial charge in [0.1, 0.15) is 5.75 Å². The summed E-state index contributed by atoms with van der Waals surface area (Å²) in [4.78, 5) is 0. The molecule has 0 spiro atoms. The highest BCUT2D eigenvalue weighted by molar-refractivity contribution is 5.44. The third kappa shape index (κ3) is 2.99. The molecule has 1 aromatic carbocycles. The van der Waals surface area contributed by atoms with Crippen molar-refractivity contribution >= 4 is 0 Å². The van der Waals surface area contributed by atoms with Gasteiger partial charge in [-0.3, -0.25) is 0 Å². The van der Waals surface area contributed by atoms with Gasteiger partial charge < -0.3 is 15.2 Å². The third-order valence-corrected chi connectivity index (χ3v) is 4.55. The average molecular weight is 277 g/mol. The molecule has 1 aliphatic rings. The number of nitrogens with one attached hydrogen (secondary N) is 1. The maximum atomic E-state index is 11.0. The lowest BCUT2D eigenvalue weighted by Crippen LogP contribution is -2.40. The number of ether oxygens (including phenoxy) is 1. The SMILES string of the molecule is CCNC1CCC(O)(c2cc(C)c(OC)cc2C)CC1. The molecule has 0 heterocycles. The number of benzene rings is 1. The minimum Gasteiger partial charge on any atom is -0.496 e. The van der Waals surface area contributed by atoms with Crippen molar-refractivity contribution in [1.82, 2.24) is 5.32 Å². The Morgan fingerprint density at radius 1 is 1.25 bits per heavy atom. The molecule has 2 N–H and O–H groups in total. The average Bonchev–Trinajstić information content (AvgIpc) is 2.44. The normalized spacial score (nSPS) is 26.6. The zero-order valence-electron chi connectivity index (χ0n) is 13.1. The van der Waals surface area contributed by atoms with Gasteiger partial charge in [-0.05, 0) is 74.9 Å². The van der Waals surface area contributed by atoms with Crippen LogP contribution in [-0.4, -0.2) is 24.8 Å². The molecule has 0 bridgehead atoms. The molecule has 0 radical (unpaired) electrons. The molecule has 2 rings (SSSR count). The van der Waals surface area contributed by atoms with Crippen molar-refractivity contribution in [3.63, 3.8) is 0 Å². The Kier molecular flexibility index (Phi) is 4.71. The third-order valence-electron chi connectivity index (χ3n) is 4.55. The molecule has 1 aliphatic carbocycles. The Bertz CT molecular complexity index is 462. The maximum Gasteiger partial charge on any atom is 0.122 e. The van der Waals surface area contributed by atoms with Gasteiger partial charge in [0.05, 0.1) is 12.7 Å². The summed E-state index contributed by atoms with van der Waals surface area (Å²) >= 11 is 0. The molecule has 0 unspecified atom stereocenters. The van der Waals surface area contributed by atoms with Crippen molar-refractivity contribution in [1.29, 1.82) is 0 Å². The summed E-state index contributed by atoms with van der Waals surface area (Å²) in [7, 11) is 1.69. The monoisotopic (exact) mass is 277 g/mol. The lowest BCUT2D eigenvalue weighted by molar-refractivity contribution is -0.00875. The molecule has 1 saturated carbocycles. The van der Waals surface area contributed by atoms with E-state index >= 15 is 0 Å². The van der Waals surface area contributed by atoms with E-state index in [9.17, 15) is 5.11 Å². The first-order chi connectivity index (χ1) is 9.50. The Morgan fingerprint density at radius 3 is 2.45 bits per heavy atom. The molecule has 0 atom stereocenters. The molecule has 1 aromatic rings. The fourth-order valence-corrected chi connectivity index (χ4v) is 3.37. The maximum absolute atomic E-state index is 11.0. The van der Waals surface area contributed by atoms with Crippen LogP contribution in [0, 0.1) is 13.8 Å². The first-order valence-corrected chi connectivity index (χ1v) is 7.61. The summed E-state index contributed by atoms with van der Waals surface area (Å²) in [6.45, 7) is 7.24. The van der Waals surface area contributed by atoms with E-state index in [0.717, 1.165) is 54.7 Å². The van der Waals surface area contributed by atoms with Crippen LogP contribution in [0.2, 0.25) is 0 Å². The zero-order chi connectivity index (χ0) is 14.8. The molecule has 0 aliphatic heterocycles. The number of hydrogen-bond donors (Lipinski definition) is 2. The van der Waals surface area contributed by atoms with E-state index in [-0.39, 0.29) is 0 Å². The summed E-state index contributed by atoms with van der Waals surface area (Å²) in [6, 6.07) is 4.70. The van der Waals surface area contributed by atoms with Gasteiger partial charge in [0, 0.05) is 6.04 Å². The standard InChI is InChI=1S/C17H27NO2/c1-5-18-14-6-8-17(19,9-7-14)15-10-13(3)16(20-4)11-12(15)2/h10-11,14,18-19H,5-9H2,1-4H3. The Labute approximate surface area is 122 Å². The summed E-state index contributed by atoms with van der Waals surface area (Å²) in [6.07, 6.45) is 3.73. The number of rotatable bonds is 4. The van der Waals surface area contributed by atoms with E-state index in [1.54, 1.807) is 7.11 Å². The van der Waals surface area contributed by atoms with E-state index in [2.05, 4.69) is 25.2 Å². The van der Waals surface area contributed by atoms with Crippen LogP contribution in [0.25, 0.3) is 0 Å². The summed E-state index contributed by atoms with van der Waals surface area (Å²) in [5, 5.41) is 14.5. The predicted octanol–water partition coefficient (Wildman–Crippen LogP) is 3.05. The molecular weight excluding hydrogens is 250 g/mol. The van der Waals surface area contributed by atoms with Crippen molar-refractivity contribution in [3.8, 4) is 5.75 Å². The summed E-state index contributed by atoms with van der Waals surface area (Å²) in [5.74, 6) is 0.899. The van der Waals surface area contributed by atoms with E-state index < -0.39 is 5.60 Å². The van der Waals surface area contributed by atoms with Crippen molar-refractivity contribution in [2.75, 3.05) is 13.7 Å². The summed E-state index contributed by atoms with van der Waals surface area (Å²) < 4.78 is 5.36. The van der Waals surface area contributed by atoms with E-state index in [1.165, 1.54) is 0 Å². The molecule has 0 aromatic heterocycles. The van der Waals surface area contributed by atoms with Crippen LogP contribution in [-0.2, 0) is 5.60 Å². The number of aryl methyl sites for hydroxylation is 2. The second-order valence-electron chi connectivity index (χ2n) is 6.00. The lowest BCUT2D eigenvalue weighted by atomic mass is 9.76. The molecule has 0 amide bonds. The van der Waals surface area contributed by atoms with Gasteiger partial charge in [-0.25, -0.2) is 0 Å². The Balaban J connectivity index is 2.21. The van der Waals surface area contributed by atoms with Gasteiger partial charge in [-0.15, -0.1) is 0 Å². The van der Waals surface area contributed by atoms with Crippen LogP contribution in [0.3, 0.4) is 0 Å². The quantitative estimate of drug-likeness (QED) is 0.889. The first kappa shape index (κ1) is 15.3. The number of methoxy groups -OCH3 is 1. The van der Waals surface area contributed by atoms with Crippen LogP contribution in [0.4, 0.5) is 0 Å². The second kappa shape index (κ2) is 6.15. The molecule has 3 heteroatoms. The van der Waals surface area contributed by atoms with E-state index in [1.807, 2.05) is 13.0 Å². The van der Waals surface area contributed by atoms with Crippen molar-refractivity contribution < 1.29 is 9.84 Å². The zero-order valence-corrected chi connectivity index (χ0v) is 13.1. The Hall–Kier alpha value is -1.06. The van der Waals surface area contributed by atoms with E-state index in [4.69, 9.17) is 4.74 Å². The van der Waals surface area contributed by atoms with Crippen LogP contribution in [0.15, 0.2) is 12.1 Å². The minimum absolute atomic E-state index is 0.555. The van der Waals surface area contributed by atoms with Crippen molar-refractivity contribution in [2.24, 2.45) is 0 Å². The van der Waals surface area contributed by atoms with Crippen molar-refractivity contribution in [3.05, 3.63) is 28.8 Å². The van der Waals surface area contributed by atoms with Gasteiger partial charge in [-0.2, -0.15) is 0 Å². The lowest BCUT2D eigenvalue weighted by Gasteiger charge is -2.38. The highest BCUT2D eigenvalue weighted by Crippen LogP contribution is 2.40. The van der Waals surface area contributed by atoms with Crippen LogP contribution in [0.5, 0.6) is 5.75 Å². The fraction of sp³-hybridized carbons (Fsp3) is 0.647. The highest BCUT2D eigenvalue weighted by atomic mass is 16.5. The smallest absolute Gasteiger partial charge is 0.122 e. The fourth-order valence-electron chi connectivity index (χ4n) is 3.37. The number of hydrogen-bond acceptors (Lipinski definition) is 3. The molecule has 1 fully saturated rings. The molecule has 3 nitrogen and oxygen atoms in total. The van der Waals surface area contributed by atoms with Crippen LogP contribution >= 0.6 is 0 Å². The number of aliphatic hydroxyl groups is 1. The van der Waals surface area contributed by atoms with Gasteiger partial charge in [-0.1, -0.05) is 6.92 Å². The first-order valence-electron chi connectivity index (χ1n) is 7.61. The molecule has 0 saturated heterocycles. The van der Waals surface area contributed by atoms with Gasteiger partial charge in [0.15, 0.2) is 0 Å². The van der Waals surface area contributed by atoms with Gasteiger partial charge >= 0.3 is 0 Å². The highest BCUT2D eigenvalue weighted by Gasteiger charge is 2.35.